The summed E-state index contributed by atoms with van der Waals surface area (Å²) in [5, 5.41) is 11.2. The number of aromatic amines is 2. The van der Waals surface area contributed by atoms with Gasteiger partial charge in [-0.2, -0.15) is 5.10 Å². The van der Waals surface area contributed by atoms with Crippen LogP contribution in [0.25, 0.3) is 50.0 Å². The number of rotatable bonds is 7. The summed E-state index contributed by atoms with van der Waals surface area (Å²) in [6.45, 7) is 8.84. The van der Waals surface area contributed by atoms with E-state index in [1.807, 2.05) is 49.8 Å². The molecule has 41 heavy (non-hydrogen) atoms. The minimum Gasteiger partial charge on any atom is -0.487 e. The van der Waals surface area contributed by atoms with Crippen molar-refractivity contribution in [3.63, 3.8) is 0 Å². The molecule has 0 aliphatic heterocycles. The second kappa shape index (κ2) is 11.4. The molecule has 0 saturated heterocycles. The van der Waals surface area contributed by atoms with Crippen molar-refractivity contribution in [2.45, 2.75) is 34.3 Å². The van der Waals surface area contributed by atoms with E-state index >= 15 is 0 Å². The van der Waals surface area contributed by atoms with Crippen molar-refractivity contribution in [3.05, 3.63) is 112 Å². The predicted molar refractivity (Wildman–Crippen MR) is 169 cm³/mol. The molecule has 0 atom stereocenters. The first-order valence-corrected chi connectivity index (χ1v) is 14.4. The van der Waals surface area contributed by atoms with Crippen molar-refractivity contribution >= 4 is 39.5 Å². The maximum absolute atomic E-state index is 6.06. The Balaban J connectivity index is 1.41. The van der Waals surface area contributed by atoms with Crippen LogP contribution in [0.5, 0.6) is 5.75 Å². The van der Waals surface area contributed by atoms with Gasteiger partial charge in [0, 0.05) is 43.9 Å². The third-order valence-corrected chi connectivity index (χ3v) is 8.05. The van der Waals surface area contributed by atoms with E-state index in [-0.39, 0.29) is 0 Å². The number of benzene rings is 1. The van der Waals surface area contributed by atoms with Crippen molar-refractivity contribution in [3.8, 4) is 27.6 Å². The van der Waals surface area contributed by atoms with Gasteiger partial charge in [0.05, 0.1) is 29.0 Å². The second-order valence-electron chi connectivity index (χ2n) is 10.2. The van der Waals surface area contributed by atoms with Gasteiger partial charge in [0.1, 0.15) is 18.1 Å². The fourth-order valence-corrected chi connectivity index (χ4v) is 5.81. The van der Waals surface area contributed by atoms with E-state index in [9.17, 15) is 0 Å². The molecule has 0 fully saturated rings. The third-order valence-electron chi connectivity index (χ3n) is 7.02. The van der Waals surface area contributed by atoms with Gasteiger partial charge < -0.3 is 9.72 Å². The topological polar surface area (TPSA) is 79.5 Å². The molecule has 6 rings (SSSR count). The molecule has 6 aromatic rings. The average Bonchev–Trinajstić information content (AvgIpc) is 3.73. The normalized spacial score (nSPS) is 12.3. The summed E-state index contributed by atoms with van der Waals surface area (Å²) in [6, 6.07) is 18.7. The Morgan fingerprint density at radius 2 is 1.80 bits per heavy atom. The Morgan fingerprint density at radius 1 is 0.976 bits per heavy atom. The fourth-order valence-electron chi connectivity index (χ4n) is 4.92. The minimum atomic E-state index is 0.489. The number of pyridine rings is 2. The van der Waals surface area contributed by atoms with Gasteiger partial charge in [0.2, 0.25) is 0 Å². The highest BCUT2D eigenvalue weighted by atomic mass is 32.1. The molecule has 0 aliphatic rings. The molecule has 1 aromatic carbocycles. The van der Waals surface area contributed by atoms with E-state index in [0.29, 0.717) is 6.61 Å². The highest BCUT2D eigenvalue weighted by Crippen LogP contribution is 2.34. The van der Waals surface area contributed by atoms with Crippen LogP contribution < -0.4 is 15.3 Å². The first-order valence-electron chi connectivity index (χ1n) is 13.6. The lowest BCUT2D eigenvalue weighted by Crippen LogP contribution is -2.25. The summed E-state index contributed by atoms with van der Waals surface area (Å²) in [6.07, 6.45) is 11.7. The number of hydrogen-bond acceptors (Lipinski definition) is 5. The largest absolute Gasteiger partial charge is 0.487 e. The van der Waals surface area contributed by atoms with Gasteiger partial charge in [-0.15, -0.1) is 11.3 Å². The number of nitrogens with zero attached hydrogens (tertiary/aromatic N) is 3. The molecule has 0 bridgehead atoms. The smallest absolute Gasteiger partial charge is 0.138 e. The Labute approximate surface area is 242 Å². The average molecular weight is 558 g/mol. The molecule has 7 heteroatoms. The molecule has 0 saturated carbocycles. The molecule has 0 amide bonds. The number of hydrogen-bond donors (Lipinski definition) is 2. The number of fused-ring (bicyclic) bond motifs is 1. The van der Waals surface area contributed by atoms with E-state index in [0.717, 1.165) is 66.4 Å². The lowest BCUT2D eigenvalue weighted by molar-refractivity contribution is 0.305. The highest BCUT2D eigenvalue weighted by molar-refractivity contribution is 7.15. The zero-order valence-corrected chi connectivity index (χ0v) is 24.3. The Morgan fingerprint density at radius 3 is 2.56 bits per heavy atom. The lowest BCUT2D eigenvalue weighted by atomic mass is 10.0. The molecule has 0 unspecified atom stereocenters. The Bertz CT molecular complexity index is 1990. The molecule has 5 aromatic heterocycles. The molecular formula is C34H31N5OS. The summed E-state index contributed by atoms with van der Waals surface area (Å²) in [4.78, 5) is 15.0. The highest BCUT2D eigenvalue weighted by Gasteiger charge is 2.14. The van der Waals surface area contributed by atoms with Gasteiger partial charge in [-0.05, 0) is 69.2 Å². The van der Waals surface area contributed by atoms with Crippen molar-refractivity contribution < 1.29 is 4.74 Å². The summed E-state index contributed by atoms with van der Waals surface area (Å²) >= 11 is 1.78. The molecule has 6 nitrogen and oxygen atoms in total. The van der Waals surface area contributed by atoms with Gasteiger partial charge in [0.25, 0.3) is 0 Å². The van der Waals surface area contributed by atoms with Crippen LogP contribution >= 0.6 is 11.3 Å². The summed E-state index contributed by atoms with van der Waals surface area (Å²) < 4.78 is 6.06. The van der Waals surface area contributed by atoms with Gasteiger partial charge in [-0.25, -0.2) is 0 Å². The number of aromatic nitrogens is 5. The van der Waals surface area contributed by atoms with Crippen molar-refractivity contribution in [2.24, 2.45) is 0 Å². The van der Waals surface area contributed by atoms with Crippen LogP contribution in [0, 0.1) is 6.92 Å². The van der Waals surface area contributed by atoms with Crippen LogP contribution in [-0.4, -0.2) is 25.1 Å². The fraction of sp³-hybridized carbons (Fsp3) is 0.147. The summed E-state index contributed by atoms with van der Waals surface area (Å²) in [5.74, 6) is 0.726. The molecular weight excluding hydrogens is 526 g/mol. The summed E-state index contributed by atoms with van der Waals surface area (Å²) in [5.41, 5.74) is 8.16. The number of allylic oxidation sites excluding steroid dienone is 2. The number of thiophene rings is 1. The lowest BCUT2D eigenvalue weighted by Gasteiger charge is -2.08. The van der Waals surface area contributed by atoms with E-state index in [1.54, 1.807) is 17.5 Å². The molecule has 2 N–H and O–H groups in total. The monoisotopic (exact) mass is 557 g/mol. The van der Waals surface area contributed by atoms with E-state index < -0.39 is 0 Å². The number of H-pyrrole nitrogens is 2. The van der Waals surface area contributed by atoms with Crippen LogP contribution in [0.2, 0.25) is 0 Å². The van der Waals surface area contributed by atoms with Crippen LogP contribution in [0.4, 0.5) is 0 Å². The number of ether oxygens (including phenoxy) is 1. The van der Waals surface area contributed by atoms with Crippen LogP contribution in [0.1, 0.15) is 36.8 Å². The van der Waals surface area contributed by atoms with Gasteiger partial charge >= 0.3 is 0 Å². The second-order valence-corrected chi connectivity index (χ2v) is 11.5. The SMILES string of the molecule is C/C=C(\C=c1\c(-c2cc3c(-c4ccc(C)s4)cncc3[nH]2)n[nH]c1=C(C)C)c1cncc(OCc2ccccc2)c1. The van der Waals surface area contributed by atoms with Crippen molar-refractivity contribution in [1.82, 2.24) is 25.1 Å². The molecule has 5 heterocycles. The summed E-state index contributed by atoms with van der Waals surface area (Å²) in [7, 11) is 0. The Kier molecular flexibility index (Phi) is 7.35. The first-order chi connectivity index (χ1) is 20.0. The van der Waals surface area contributed by atoms with E-state index in [2.05, 4.69) is 83.3 Å². The van der Waals surface area contributed by atoms with Crippen molar-refractivity contribution in [2.75, 3.05) is 0 Å². The van der Waals surface area contributed by atoms with Gasteiger partial charge in [0.15, 0.2) is 0 Å². The van der Waals surface area contributed by atoms with Crippen LogP contribution in [-0.2, 0) is 6.61 Å². The van der Waals surface area contributed by atoms with E-state index in [1.165, 1.54) is 9.75 Å². The molecule has 0 aliphatic carbocycles. The standard InChI is InChI=1S/C34H31N5OS/c1-5-24(25-13-26(17-35-16-25)40-20-23-9-7-6-8-10-23)14-28-33(21(2)3)38-39-34(28)30-15-27-29(18-36-19-31(27)37-30)32-12-11-22(4)41-32/h5-19,37-38H,20H2,1-4H3/b24-5+,28-14+. The third kappa shape index (κ3) is 5.49. The maximum Gasteiger partial charge on any atom is 0.138 e. The molecule has 0 spiro atoms. The Hall–Kier alpha value is -4.75. The zero-order chi connectivity index (χ0) is 28.3. The van der Waals surface area contributed by atoms with Gasteiger partial charge in [-0.3, -0.25) is 15.1 Å². The minimum absolute atomic E-state index is 0.489. The van der Waals surface area contributed by atoms with Gasteiger partial charge in [-0.1, -0.05) is 42.0 Å². The van der Waals surface area contributed by atoms with Crippen molar-refractivity contribution in [1.29, 1.82) is 0 Å². The first kappa shape index (κ1) is 26.5. The van der Waals surface area contributed by atoms with Crippen LogP contribution in [0.3, 0.4) is 0 Å². The number of aryl methyl sites for hydroxylation is 1. The molecule has 0 radical (unpaired) electrons. The zero-order valence-electron chi connectivity index (χ0n) is 23.5. The van der Waals surface area contributed by atoms with Crippen LogP contribution in [0.15, 0.2) is 85.5 Å². The van der Waals surface area contributed by atoms with E-state index in [4.69, 9.17) is 9.84 Å². The predicted octanol–water partition coefficient (Wildman–Crippen LogP) is 7.04. The molecule has 204 valence electrons. The quantitative estimate of drug-likeness (QED) is 0.221. The number of nitrogens with one attached hydrogen (secondary N) is 2. The maximum atomic E-state index is 6.06.